The van der Waals surface area contributed by atoms with Gasteiger partial charge in [0.1, 0.15) is 6.04 Å². The molecule has 2 heterocycles. The van der Waals surface area contributed by atoms with Crippen molar-refractivity contribution in [3.05, 3.63) is 58.4 Å². The van der Waals surface area contributed by atoms with Gasteiger partial charge in [0.15, 0.2) is 11.8 Å². The monoisotopic (exact) mass is 401 g/mol. The van der Waals surface area contributed by atoms with E-state index in [9.17, 15) is 19.2 Å². The average Bonchev–Trinajstić information content (AvgIpc) is 2.91. The van der Waals surface area contributed by atoms with Crippen molar-refractivity contribution in [3.63, 3.8) is 0 Å². The minimum Gasteiger partial charge on any atom is -0.454 e. The molecule has 0 radical (unpaired) electrons. The van der Waals surface area contributed by atoms with Crippen molar-refractivity contribution < 1.29 is 23.9 Å². The summed E-state index contributed by atoms with van der Waals surface area (Å²) >= 11 is 5.84. The molecule has 2 aromatic rings. The summed E-state index contributed by atoms with van der Waals surface area (Å²) in [7, 11) is 0. The van der Waals surface area contributed by atoms with Crippen molar-refractivity contribution in [2.45, 2.75) is 19.9 Å². The lowest BCUT2D eigenvalue weighted by Crippen LogP contribution is -2.44. The van der Waals surface area contributed by atoms with Crippen molar-refractivity contribution >= 4 is 41.0 Å². The van der Waals surface area contributed by atoms with Gasteiger partial charge < -0.3 is 10.1 Å². The Morgan fingerprint density at radius 3 is 2.64 bits per heavy atom. The third-order valence-electron chi connectivity index (χ3n) is 4.18. The van der Waals surface area contributed by atoms with Crippen molar-refractivity contribution in [1.29, 1.82) is 0 Å². The zero-order chi connectivity index (χ0) is 20.4. The molecule has 8 nitrogen and oxygen atoms in total. The molecule has 144 valence electrons. The molecule has 28 heavy (non-hydrogen) atoms. The van der Waals surface area contributed by atoms with Gasteiger partial charge in [0.25, 0.3) is 17.7 Å². The molecule has 1 N–H and O–H groups in total. The number of fused-ring (bicyclic) bond motifs is 1. The highest BCUT2D eigenvalue weighted by atomic mass is 35.5. The summed E-state index contributed by atoms with van der Waals surface area (Å²) < 4.78 is 4.95. The Bertz CT molecular complexity index is 991. The van der Waals surface area contributed by atoms with Crippen LogP contribution in [0.25, 0.3) is 0 Å². The number of esters is 1. The number of halogens is 1. The number of hydrogen-bond acceptors (Lipinski definition) is 6. The standard InChI is InChI=1S/C19H16ClN3O5/c1-10-5-6-12-13(8-10)18(26)23(17(12)25)11(2)19(27)28-9-15(24)22-14-4-3-7-21-16(14)20/h3-8,11H,9H2,1-2H3,(H,22,24). The first-order valence-electron chi connectivity index (χ1n) is 8.35. The summed E-state index contributed by atoms with van der Waals surface area (Å²) in [4.78, 5) is 53.9. The molecule has 1 aromatic carbocycles. The largest absolute Gasteiger partial charge is 0.454 e. The molecule has 0 aliphatic carbocycles. The Labute approximate surface area is 165 Å². The van der Waals surface area contributed by atoms with Crippen molar-refractivity contribution in [3.8, 4) is 0 Å². The zero-order valence-electron chi connectivity index (χ0n) is 15.1. The van der Waals surface area contributed by atoms with Crippen LogP contribution in [-0.4, -0.2) is 46.2 Å². The minimum absolute atomic E-state index is 0.0943. The van der Waals surface area contributed by atoms with E-state index in [1.165, 1.54) is 13.1 Å². The molecular formula is C19H16ClN3O5. The molecule has 9 heteroatoms. The number of carbonyl (C=O) groups is 4. The van der Waals surface area contributed by atoms with Crippen LogP contribution in [0.1, 0.15) is 33.2 Å². The smallest absolute Gasteiger partial charge is 0.329 e. The van der Waals surface area contributed by atoms with Gasteiger partial charge in [0.2, 0.25) is 0 Å². The number of pyridine rings is 1. The van der Waals surface area contributed by atoms with Gasteiger partial charge in [-0.3, -0.25) is 19.3 Å². The highest BCUT2D eigenvalue weighted by Crippen LogP contribution is 2.26. The number of aryl methyl sites for hydroxylation is 1. The van der Waals surface area contributed by atoms with Crippen molar-refractivity contribution in [2.75, 3.05) is 11.9 Å². The second kappa shape index (κ2) is 7.77. The molecule has 3 rings (SSSR count). The molecule has 1 aromatic heterocycles. The number of anilines is 1. The van der Waals surface area contributed by atoms with Gasteiger partial charge >= 0.3 is 5.97 Å². The summed E-state index contributed by atoms with van der Waals surface area (Å²) in [5, 5.41) is 2.55. The number of nitrogens with one attached hydrogen (secondary N) is 1. The number of aromatic nitrogens is 1. The second-order valence-electron chi connectivity index (χ2n) is 6.20. The maximum absolute atomic E-state index is 12.5. The van der Waals surface area contributed by atoms with E-state index in [1.54, 1.807) is 37.3 Å². The quantitative estimate of drug-likeness (QED) is 0.467. The molecule has 0 spiro atoms. The molecule has 1 atom stereocenters. The molecule has 3 amide bonds. The highest BCUT2D eigenvalue weighted by molar-refractivity contribution is 6.32. The van der Waals surface area contributed by atoms with Gasteiger partial charge in [0.05, 0.1) is 16.8 Å². The fraction of sp³-hybridized carbons (Fsp3) is 0.211. The van der Waals surface area contributed by atoms with E-state index in [0.717, 1.165) is 10.5 Å². The first kappa shape index (κ1) is 19.5. The summed E-state index contributed by atoms with van der Waals surface area (Å²) in [5.74, 6) is -2.65. The second-order valence-corrected chi connectivity index (χ2v) is 6.56. The van der Waals surface area contributed by atoms with Crippen molar-refractivity contribution in [2.24, 2.45) is 0 Å². The van der Waals surface area contributed by atoms with E-state index < -0.39 is 36.3 Å². The number of amides is 3. The Kier molecular flexibility index (Phi) is 5.41. The third-order valence-corrected chi connectivity index (χ3v) is 4.48. The number of imide groups is 1. The lowest BCUT2D eigenvalue weighted by molar-refractivity contribution is -0.150. The van der Waals surface area contributed by atoms with Crippen LogP contribution in [0, 0.1) is 6.92 Å². The van der Waals surface area contributed by atoms with E-state index in [1.807, 2.05) is 0 Å². The number of carbonyl (C=O) groups excluding carboxylic acids is 4. The fourth-order valence-electron chi connectivity index (χ4n) is 2.75. The van der Waals surface area contributed by atoms with E-state index in [4.69, 9.17) is 16.3 Å². The van der Waals surface area contributed by atoms with Gasteiger partial charge in [-0.25, -0.2) is 9.78 Å². The van der Waals surface area contributed by atoms with Gasteiger partial charge in [0, 0.05) is 6.20 Å². The molecule has 0 saturated carbocycles. The van der Waals surface area contributed by atoms with Crippen LogP contribution in [0.4, 0.5) is 5.69 Å². The summed E-state index contributed by atoms with van der Waals surface area (Å²) in [6.07, 6.45) is 1.46. The predicted octanol–water partition coefficient (Wildman–Crippen LogP) is 2.21. The van der Waals surface area contributed by atoms with E-state index in [0.29, 0.717) is 0 Å². The Balaban J connectivity index is 1.62. The fourth-order valence-corrected chi connectivity index (χ4v) is 2.92. The van der Waals surface area contributed by atoms with Crippen LogP contribution in [-0.2, 0) is 14.3 Å². The SMILES string of the molecule is Cc1ccc2c(c1)C(=O)N(C(C)C(=O)OCC(=O)Nc1cccnc1Cl)C2=O. The van der Waals surface area contributed by atoms with Crippen LogP contribution in [0.5, 0.6) is 0 Å². The number of hydrogen-bond donors (Lipinski definition) is 1. The number of nitrogens with zero attached hydrogens (tertiary/aromatic N) is 2. The van der Waals surface area contributed by atoms with Gasteiger partial charge in [-0.2, -0.15) is 0 Å². The molecular weight excluding hydrogens is 386 g/mol. The third kappa shape index (κ3) is 3.72. The molecule has 1 aliphatic heterocycles. The predicted molar refractivity (Wildman–Crippen MR) is 100.0 cm³/mol. The summed E-state index contributed by atoms with van der Waals surface area (Å²) in [5.41, 5.74) is 1.57. The lowest BCUT2D eigenvalue weighted by Gasteiger charge is -2.20. The minimum atomic E-state index is -1.18. The molecule has 1 unspecified atom stereocenters. The molecule has 1 aliphatic rings. The van der Waals surface area contributed by atoms with Crippen LogP contribution >= 0.6 is 11.6 Å². The van der Waals surface area contributed by atoms with Gasteiger partial charge in [-0.1, -0.05) is 23.2 Å². The average molecular weight is 402 g/mol. The molecule has 0 bridgehead atoms. The van der Waals surface area contributed by atoms with Crippen LogP contribution in [0.15, 0.2) is 36.5 Å². The normalized spacial score (nSPS) is 13.9. The first-order valence-corrected chi connectivity index (χ1v) is 8.73. The van der Waals surface area contributed by atoms with E-state index in [-0.39, 0.29) is 22.0 Å². The van der Waals surface area contributed by atoms with Gasteiger partial charge in [-0.05, 0) is 38.1 Å². The van der Waals surface area contributed by atoms with Gasteiger partial charge in [-0.15, -0.1) is 0 Å². The van der Waals surface area contributed by atoms with E-state index in [2.05, 4.69) is 10.3 Å². The zero-order valence-corrected chi connectivity index (χ0v) is 15.8. The summed E-state index contributed by atoms with van der Waals surface area (Å²) in [6.45, 7) is 2.56. The van der Waals surface area contributed by atoms with Crippen LogP contribution in [0.2, 0.25) is 5.15 Å². The number of benzene rings is 1. The molecule has 0 saturated heterocycles. The summed E-state index contributed by atoms with van der Waals surface area (Å²) in [6, 6.07) is 6.80. The van der Waals surface area contributed by atoms with Crippen LogP contribution < -0.4 is 5.32 Å². The van der Waals surface area contributed by atoms with E-state index >= 15 is 0 Å². The Hall–Kier alpha value is -3.26. The lowest BCUT2D eigenvalue weighted by atomic mass is 10.1. The molecule has 0 fully saturated rings. The number of ether oxygens (including phenoxy) is 1. The maximum Gasteiger partial charge on any atom is 0.329 e. The number of rotatable bonds is 5. The Morgan fingerprint density at radius 2 is 1.93 bits per heavy atom. The van der Waals surface area contributed by atoms with Crippen molar-refractivity contribution in [1.82, 2.24) is 9.88 Å². The Morgan fingerprint density at radius 1 is 1.21 bits per heavy atom. The topological polar surface area (TPSA) is 106 Å². The van der Waals surface area contributed by atoms with Crippen LogP contribution in [0.3, 0.4) is 0 Å². The maximum atomic E-state index is 12.5. The first-order chi connectivity index (χ1) is 13.3. The highest BCUT2D eigenvalue weighted by Gasteiger charge is 2.41.